The van der Waals surface area contributed by atoms with Gasteiger partial charge in [0.05, 0.1) is 5.56 Å². The molecular formula is C11H16NO4S+. The van der Waals surface area contributed by atoms with E-state index >= 15 is 0 Å². The van der Waals surface area contributed by atoms with Gasteiger partial charge in [0.25, 0.3) is 10.1 Å². The average molecular weight is 258 g/mol. The molecule has 6 heteroatoms. The molecule has 0 bridgehead atoms. The molecule has 0 saturated carbocycles. The Morgan fingerprint density at radius 1 is 1.24 bits per heavy atom. The zero-order chi connectivity index (χ0) is 13.3. The van der Waals surface area contributed by atoms with Crippen LogP contribution in [0.4, 0.5) is 0 Å². The van der Waals surface area contributed by atoms with Crippen LogP contribution in [-0.2, 0) is 10.1 Å². The van der Waals surface area contributed by atoms with Crippen molar-refractivity contribution >= 4 is 16.3 Å². The normalized spacial score (nSPS) is 13.8. The van der Waals surface area contributed by atoms with E-state index in [9.17, 15) is 13.6 Å². The molecule has 0 radical (unpaired) electrons. The summed E-state index contributed by atoms with van der Waals surface area (Å²) < 4.78 is 32.2. The van der Waals surface area contributed by atoms with Gasteiger partial charge in [0.2, 0.25) is 11.8 Å². The molecule has 94 valence electrons. The standard InChI is InChI=1S/C11H15NO4S/c1-11(2,3)12(13)8-9-6-4-5-7-10(9)17(14,15)16/h4-8H,1-3H3,(H-,13,14,15,16)/p+1/b12-8-. The maximum Gasteiger partial charge on any atom is 0.295 e. The van der Waals surface area contributed by atoms with Crippen LogP contribution >= 0.6 is 0 Å². The van der Waals surface area contributed by atoms with Crippen LogP contribution in [0.25, 0.3) is 0 Å². The molecule has 5 nitrogen and oxygen atoms in total. The molecule has 0 unspecified atom stereocenters. The van der Waals surface area contributed by atoms with Gasteiger partial charge in [-0.3, -0.25) is 9.76 Å². The summed E-state index contributed by atoms with van der Waals surface area (Å²) >= 11 is 0. The lowest BCUT2D eigenvalue weighted by Crippen LogP contribution is -2.31. The van der Waals surface area contributed by atoms with Crippen LogP contribution < -0.4 is 0 Å². The first-order valence-corrected chi connectivity index (χ1v) is 6.46. The Morgan fingerprint density at radius 3 is 2.24 bits per heavy atom. The summed E-state index contributed by atoms with van der Waals surface area (Å²) in [5, 5.41) is 9.73. The van der Waals surface area contributed by atoms with Crippen molar-refractivity contribution in [3.05, 3.63) is 29.8 Å². The van der Waals surface area contributed by atoms with Gasteiger partial charge in [-0.05, 0) is 16.9 Å². The van der Waals surface area contributed by atoms with Crippen molar-refractivity contribution in [2.45, 2.75) is 31.2 Å². The number of nitrogens with zero attached hydrogens (tertiary/aromatic N) is 1. The summed E-state index contributed by atoms with van der Waals surface area (Å²) in [5.41, 5.74) is -0.334. The van der Waals surface area contributed by atoms with Crippen LogP contribution in [0.3, 0.4) is 0 Å². The fraction of sp³-hybridized carbons (Fsp3) is 0.364. The van der Waals surface area contributed by atoms with E-state index in [4.69, 9.17) is 4.55 Å². The second-order valence-electron chi connectivity index (χ2n) is 4.66. The highest BCUT2D eigenvalue weighted by Crippen LogP contribution is 2.14. The van der Waals surface area contributed by atoms with Gasteiger partial charge in [-0.1, -0.05) is 12.1 Å². The molecule has 17 heavy (non-hydrogen) atoms. The SMILES string of the molecule is CC(C)(C)/[N+](O)=C/c1ccccc1S(=O)(=O)O. The number of hydrogen-bond acceptors (Lipinski definition) is 3. The molecule has 0 amide bonds. The highest BCUT2D eigenvalue weighted by molar-refractivity contribution is 7.86. The molecular weight excluding hydrogens is 242 g/mol. The van der Waals surface area contributed by atoms with Gasteiger partial charge in [-0.15, -0.1) is 0 Å². The molecule has 0 aliphatic heterocycles. The van der Waals surface area contributed by atoms with Crippen molar-refractivity contribution in [3.8, 4) is 0 Å². The summed E-state index contributed by atoms with van der Waals surface area (Å²) in [4.78, 5) is -0.233. The monoisotopic (exact) mass is 258 g/mol. The number of hydrogen-bond donors (Lipinski definition) is 2. The maximum absolute atomic E-state index is 11.1. The number of hydroxylamine groups is 1. The molecule has 1 aromatic rings. The van der Waals surface area contributed by atoms with Crippen molar-refractivity contribution in [2.24, 2.45) is 0 Å². The highest BCUT2D eigenvalue weighted by atomic mass is 32.2. The number of rotatable bonds is 2. The molecule has 1 rings (SSSR count). The fourth-order valence-electron chi connectivity index (χ4n) is 1.15. The molecule has 0 aliphatic carbocycles. The summed E-state index contributed by atoms with van der Waals surface area (Å²) in [6.45, 7) is 5.29. The minimum absolute atomic E-state index is 0.229. The van der Waals surface area contributed by atoms with Gasteiger partial charge in [0.1, 0.15) is 4.90 Å². The molecule has 0 fully saturated rings. The van der Waals surface area contributed by atoms with Crippen LogP contribution in [-0.4, -0.2) is 34.7 Å². The van der Waals surface area contributed by atoms with Gasteiger partial charge < -0.3 is 0 Å². The summed E-state index contributed by atoms with van der Waals surface area (Å²) in [6.07, 6.45) is 1.27. The average Bonchev–Trinajstić information content (AvgIpc) is 2.15. The topological polar surface area (TPSA) is 77.6 Å². The van der Waals surface area contributed by atoms with E-state index in [2.05, 4.69) is 0 Å². The Hall–Kier alpha value is -1.40. The third-order valence-corrected chi connectivity index (χ3v) is 3.07. The Kier molecular flexibility index (Phi) is 3.59. The van der Waals surface area contributed by atoms with E-state index < -0.39 is 15.7 Å². The van der Waals surface area contributed by atoms with Crippen LogP contribution in [0.1, 0.15) is 26.3 Å². The number of benzene rings is 1. The van der Waals surface area contributed by atoms with Crippen LogP contribution in [0.15, 0.2) is 29.2 Å². The van der Waals surface area contributed by atoms with Gasteiger partial charge in [-0.2, -0.15) is 8.42 Å². The van der Waals surface area contributed by atoms with Gasteiger partial charge in [-0.25, -0.2) is 0 Å². The van der Waals surface area contributed by atoms with Crippen molar-refractivity contribution in [1.29, 1.82) is 0 Å². The maximum atomic E-state index is 11.1. The lowest BCUT2D eigenvalue weighted by molar-refractivity contribution is -0.816. The molecule has 2 N–H and O–H groups in total. The first-order chi connectivity index (χ1) is 7.62. The van der Waals surface area contributed by atoms with E-state index in [1.807, 2.05) is 0 Å². The third kappa shape index (κ3) is 3.54. The Morgan fingerprint density at radius 2 is 1.76 bits per heavy atom. The Bertz CT molecular complexity index is 541. The van der Waals surface area contributed by atoms with Crippen molar-refractivity contribution in [1.82, 2.24) is 0 Å². The van der Waals surface area contributed by atoms with Gasteiger partial charge >= 0.3 is 0 Å². The zero-order valence-electron chi connectivity index (χ0n) is 9.95. The van der Waals surface area contributed by atoms with Gasteiger partial charge in [0.15, 0.2) is 0 Å². The third-order valence-electron chi connectivity index (χ3n) is 2.15. The van der Waals surface area contributed by atoms with E-state index in [1.165, 1.54) is 24.4 Å². The second kappa shape index (κ2) is 4.46. The van der Waals surface area contributed by atoms with Crippen molar-refractivity contribution < 1.29 is 22.9 Å². The van der Waals surface area contributed by atoms with Crippen LogP contribution in [0.2, 0.25) is 0 Å². The Labute approximate surface area is 101 Å². The van der Waals surface area contributed by atoms with Crippen LogP contribution in [0, 0.1) is 0 Å². The molecule has 0 atom stereocenters. The summed E-state index contributed by atoms with van der Waals surface area (Å²) in [5.74, 6) is 0. The molecule has 1 aromatic carbocycles. The second-order valence-corrected chi connectivity index (χ2v) is 6.05. The highest BCUT2D eigenvalue weighted by Gasteiger charge is 2.25. The van der Waals surface area contributed by atoms with Crippen molar-refractivity contribution in [2.75, 3.05) is 0 Å². The van der Waals surface area contributed by atoms with Crippen molar-refractivity contribution in [3.63, 3.8) is 0 Å². The molecule has 0 heterocycles. The minimum atomic E-state index is -4.29. The van der Waals surface area contributed by atoms with E-state index in [1.54, 1.807) is 26.8 Å². The molecule has 0 aliphatic rings. The predicted octanol–water partition coefficient (Wildman–Crippen LogP) is 1.55. The fourth-order valence-corrected chi connectivity index (χ4v) is 1.82. The molecule has 0 aromatic heterocycles. The van der Waals surface area contributed by atoms with E-state index in [0.717, 1.165) is 4.74 Å². The lowest BCUT2D eigenvalue weighted by atomic mass is 10.1. The quantitative estimate of drug-likeness (QED) is 0.277. The van der Waals surface area contributed by atoms with E-state index in [-0.39, 0.29) is 10.5 Å². The zero-order valence-corrected chi connectivity index (χ0v) is 10.8. The lowest BCUT2D eigenvalue weighted by Gasteiger charge is -2.09. The largest absolute Gasteiger partial charge is 0.295 e. The van der Waals surface area contributed by atoms with E-state index in [0.29, 0.717) is 0 Å². The first-order valence-electron chi connectivity index (χ1n) is 5.02. The summed E-state index contributed by atoms with van der Waals surface area (Å²) in [7, 11) is -4.29. The minimum Gasteiger partial charge on any atom is -0.290 e. The molecule has 0 spiro atoms. The smallest absolute Gasteiger partial charge is 0.290 e. The van der Waals surface area contributed by atoms with Crippen LogP contribution in [0.5, 0.6) is 0 Å². The molecule has 0 saturated heterocycles. The Balaban J connectivity index is 3.35. The summed E-state index contributed by atoms with van der Waals surface area (Å²) in [6, 6.07) is 5.89. The van der Waals surface area contributed by atoms with Gasteiger partial charge in [0, 0.05) is 20.8 Å². The predicted molar refractivity (Wildman–Crippen MR) is 63.2 cm³/mol. The first kappa shape index (κ1) is 13.7.